The molecule has 0 aliphatic carbocycles. The third kappa shape index (κ3) is 8.26. The highest BCUT2D eigenvalue weighted by molar-refractivity contribution is 5.83. The summed E-state index contributed by atoms with van der Waals surface area (Å²) in [6, 6.07) is 19.9. The summed E-state index contributed by atoms with van der Waals surface area (Å²) in [4.78, 5) is 13.4. The summed E-state index contributed by atoms with van der Waals surface area (Å²) in [5, 5.41) is 3.86. The van der Waals surface area contributed by atoms with Crippen molar-refractivity contribution in [3.8, 4) is 0 Å². The van der Waals surface area contributed by atoms with E-state index >= 15 is 0 Å². The number of hydrazone groups is 1. The van der Waals surface area contributed by atoms with Gasteiger partial charge in [-0.05, 0) is 41.3 Å². The lowest BCUT2D eigenvalue weighted by Crippen LogP contribution is -2.45. The average molecular weight is 609 g/mol. The van der Waals surface area contributed by atoms with Crippen molar-refractivity contribution in [3.63, 3.8) is 0 Å². The van der Waals surface area contributed by atoms with Gasteiger partial charge in [0.05, 0.1) is 37.5 Å². The van der Waals surface area contributed by atoms with Crippen LogP contribution in [0.3, 0.4) is 0 Å². The van der Waals surface area contributed by atoms with Crippen LogP contribution in [0.2, 0.25) is 0 Å². The zero-order chi connectivity index (χ0) is 31.2. The molecule has 1 heterocycles. The maximum absolute atomic E-state index is 13.5. The predicted molar refractivity (Wildman–Crippen MR) is 147 cm³/mol. The summed E-state index contributed by atoms with van der Waals surface area (Å²) >= 11 is 0. The number of hydrogen-bond donors (Lipinski definition) is 2. The highest BCUT2D eigenvalue weighted by Gasteiger charge is 2.42. The molecule has 3 aromatic carbocycles. The van der Waals surface area contributed by atoms with Crippen LogP contribution in [-0.4, -0.2) is 49.2 Å². The highest BCUT2D eigenvalue weighted by atomic mass is 19.4. The first-order chi connectivity index (χ1) is 20.4. The van der Waals surface area contributed by atoms with E-state index in [2.05, 4.69) is 15.3 Å². The van der Waals surface area contributed by atoms with Gasteiger partial charge in [-0.3, -0.25) is 4.90 Å². The van der Waals surface area contributed by atoms with E-state index in [4.69, 9.17) is 10.5 Å². The fourth-order valence-electron chi connectivity index (χ4n) is 5.26. The molecule has 0 aromatic heterocycles. The lowest BCUT2D eigenvalue weighted by molar-refractivity contribution is -0.143. The van der Waals surface area contributed by atoms with E-state index in [1.807, 2.05) is 65.6 Å². The third-order valence-electron chi connectivity index (χ3n) is 7.12. The number of benzene rings is 3. The van der Waals surface area contributed by atoms with Crippen LogP contribution in [0.5, 0.6) is 0 Å². The van der Waals surface area contributed by atoms with Crippen LogP contribution < -0.4 is 11.2 Å². The quantitative estimate of drug-likeness (QED) is 0.132. The van der Waals surface area contributed by atoms with E-state index in [9.17, 15) is 31.1 Å². The van der Waals surface area contributed by atoms with Crippen molar-refractivity contribution in [1.29, 1.82) is 0 Å². The number of nitrogens with two attached hydrogens (primary N) is 1. The summed E-state index contributed by atoms with van der Waals surface area (Å²) < 4.78 is 91.4. The van der Waals surface area contributed by atoms with E-state index in [1.54, 1.807) is 0 Å². The monoisotopic (exact) mass is 608 g/mol. The minimum absolute atomic E-state index is 0.0589. The van der Waals surface area contributed by atoms with Gasteiger partial charge in [0.25, 0.3) is 0 Å². The Kier molecular flexibility index (Phi) is 9.97. The standard InChI is InChI=1S/C30H30F6N4O3/c1-42-28(41)39-38-25(37)17-40-13-12-24(27(40)26(20-8-4-2-5-9-20)21-10-6-3-7-11-21)43-18-19-14-22(29(31,32)33)16-23(15-19)30(34,35)36/h2-11,14-16,24,26-27H,12-13,17-18H2,1H3,(H2,37,38)(H,39,41)/t24-,27+/m0/s1. The van der Waals surface area contributed by atoms with Gasteiger partial charge in [-0.25, -0.2) is 10.2 Å². The van der Waals surface area contributed by atoms with Gasteiger partial charge in [-0.1, -0.05) is 60.7 Å². The number of methoxy groups -OCH3 is 1. The number of amides is 1. The Bertz CT molecular complexity index is 1330. The summed E-state index contributed by atoms with van der Waals surface area (Å²) in [5.74, 6) is -0.257. The lowest BCUT2D eigenvalue weighted by Gasteiger charge is -2.35. The first-order valence-electron chi connectivity index (χ1n) is 13.3. The lowest BCUT2D eigenvalue weighted by atomic mass is 9.82. The van der Waals surface area contributed by atoms with Gasteiger partial charge in [-0.2, -0.15) is 31.4 Å². The first kappa shape index (κ1) is 31.8. The van der Waals surface area contributed by atoms with Gasteiger partial charge in [0, 0.05) is 18.5 Å². The predicted octanol–water partition coefficient (Wildman–Crippen LogP) is 6.14. The number of alkyl halides is 6. The fraction of sp³-hybridized carbons (Fsp3) is 0.333. The molecule has 1 saturated heterocycles. The van der Waals surface area contributed by atoms with Gasteiger partial charge >= 0.3 is 18.4 Å². The van der Waals surface area contributed by atoms with Crippen molar-refractivity contribution in [1.82, 2.24) is 10.3 Å². The molecule has 13 heteroatoms. The molecular formula is C30H30F6N4O3. The van der Waals surface area contributed by atoms with Gasteiger partial charge in [0.2, 0.25) is 0 Å². The van der Waals surface area contributed by atoms with Crippen LogP contribution in [0.1, 0.15) is 40.2 Å². The maximum atomic E-state index is 13.5. The number of likely N-dealkylation sites (tertiary alicyclic amines) is 1. The number of hydrogen-bond acceptors (Lipinski definition) is 5. The minimum Gasteiger partial charge on any atom is -0.452 e. The molecule has 3 aromatic rings. The SMILES string of the molecule is COC(=O)N/N=C(\N)CN1CC[C@H](OCc2cc(C(F)(F)F)cc(C(F)(F)F)c2)[C@@H]1C(c1ccccc1)c1ccccc1. The number of carbonyl (C=O) groups excluding carboxylic acids is 1. The van der Waals surface area contributed by atoms with Crippen molar-refractivity contribution in [2.75, 3.05) is 20.2 Å². The van der Waals surface area contributed by atoms with E-state index < -0.39 is 48.3 Å². The second-order valence-corrected chi connectivity index (χ2v) is 10.0. The van der Waals surface area contributed by atoms with Crippen LogP contribution in [0.4, 0.5) is 31.1 Å². The molecule has 230 valence electrons. The van der Waals surface area contributed by atoms with Crippen LogP contribution in [-0.2, 0) is 28.4 Å². The van der Waals surface area contributed by atoms with E-state index in [0.717, 1.165) is 11.1 Å². The first-order valence-corrected chi connectivity index (χ1v) is 13.3. The number of ether oxygens (including phenoxy) is 2. The fourth-order valence-corrected chi connectivity index (χ4v) is 5.26. The van der Waals surface area contributed by atoms with Crippen LogP contribution in [0, 0.1) is 0 Å². The molecule has 2 atom stereocenters. The van der Waals surface area contributed by atoms with Gasteiger partial charge in [0.15, 0.2) is 0 Å². The Labute approximate surface area is 244 Å². The zero-order valence-corrected chi connectivity index (χ0v) is 23.0. The van der Waals surface area contributed by atoms with Gasteiger partial charge < -0.3 is 15.2 Å². The van der Waals surface area contributed by atoms with Crippen LogP contribution in [0.15, 0.2) is 84.0 Å². The molecule has 1 aliphatic heterocycles. The molecule has 1 amide bonds. The molecule has 1 aliphatic rings. The molecule has 0 unspecified atom stereocenters. The normalized spacial score (nSPS) is 18.2. The van der Waals surface area contributed by atoms with E-state index in [0.29, 0.717) is 25.1 Å². The Morgan fingerprint density at radius 1 is 0.953 bits per heavy atom. The second kappa shape index (κ2) is 13.5. The second-order valence-electron chi connectivity index (χ2n) is 10.0. The molecule has 0 saturated carbocycles. The molecular weight excluding hydrogens is 578 g/mol. The summed E-state index contributed by atoms with van der Waals surface area (Å²) in [5.41, 5.74) is 7.05. The van der Waals surface area contributed by atoms with Crippen LogP contribution >= 0.6 is 0 Å². The summed E-state index contributed by atoms with van der Waals surface area (Å²) in [6.07, 6.45) is -11.0. The zero-order valence-electron chi connectivity index (χ0n) is 23.0. The highest BCUT2D eigenvalue weighted by Crippen LogP contribution is 2.39. The van der Waals surface area contributed by atoms with Crippen molar-refractivity contribution >= 4 is 11.9 Å². The van der Waals surface area contributed by atoms with Crippen molar-refractivity contribution in [2.45, 2.75) is 43.4 Å². The number of nitrogens with one attached hydrogen (secondary N) is 1. The number of carbonyl (C=O) groups is 1. The Morgan fingerprint density at radius 2 is 1.49 bits per heavy atom. The number of halogens is 6. The molecule has 3 N–H and O–H groups in total. The maximum Gasteiger partial charge on any atom is 0.427 e. The van der Waals surface area contributed by atoms with Gasteiger partial charge in [-0.15, -0.1) is 0 Å². The Hall–Kier alpha value is -4.10. The molecule has 43 heavy (non-hydrogen) atoms. The number of amidine groups is 1. The van der Waals surface area contributed by atoms with Crippen LogP contribution in [0.25, 0.3) is 0 Å². The summed E-state index contributed by atoms with van der Waals surface area (Å²) in [6.45, 7) is 0.0363. The smallest absolute Gasteiger partial charge is 0.427 e. The molecule has 0 bridgehead atoms. The molecule has 1 fully saturated rings. The Balaban J connectivity index is 1.69. The van der Waals surface area contributed by atoms with E-state index in [-0.39, 0.29) is 29.9 Å². The minimum atomic E-state index is -4.97. The van der Waals surface area contributed by atoms with E-state index in [1.165, 1.54) is 7.11 Å². The van der Waals surface area contributed by atoms with Crippen molar-refractivity contribution in [2.24, 2.45) is 10.8 Å². The molecule has 4 rings (SSSR count). The third-order valence-corrected chi connectivity index (χ3v) is 7.12. The molecule has 0 radical (unpaired) electrons. The largest absolute Gasteiger partial charge is 0.452 e. The summed E-state index contributed by atoms with van der Waals surface area (Å²) in [7, 11) is 1.17. The average Bonchev–Trinajstić information content (AvgIpc) is 3.36. The molecule has 0 spiro atoms. The topological polar surface area (TPSA) is 89.2 Å². The van der Waals surface area contributed by atoms with Crippen molar-refractivity contribution in [3.05, 3.63) is 107 Å². The number of rotatable bonds is 9. The number of nitrogens with zero attached hydrogens (tertiary/aromatic N) is 2. The van der Waals surface area contributed by atoms with Gasteiger partial charge in [0.1, 0.15) is 5.84 Å². The van der Waals surface area contributed by atoms with Crippen molar-refractivity contribution < 1.29 is 40.6 Å². The Morgan fingerprint density at radius 3 is 1.98 bits per heavy atom. The molecule has 7 nitrogen and oxygen atoms in total.